The summed E-state index contributed by atoms with van der Waals surface area (Å²) in [6.45, 7) is 3.53. The molecule has 1 aliphatic heterocycles. The number of rotatable bonds is 6. The highest BCUT2D eigenvalue weighted by molar-refractivity contribution is 7.16. The van der Waals surface area contributed by atoms with Gasteiger partial charge in [-0.2, -0.15) is 19.6 Å². The van der Waals surface area contributed by atoms with Crippen LogP contribution in [0.25, 0.3) is 10.4 Å². The van der Waals surface area contributed by atoms with Crippen LogP contribution in [0.4, 0.5) is 21.2 Å². The molecule has 1 fully saturated rings. The lowest BCUT2D eigenvalue weighted by Crippen LogP contribution is -2.44. The molecule has 0 saturated carbocycles. The largest absolute Gasteiger partial charge is 0.424 e. The third-order valence-corrected chi connectivity index (χ3v) is 6.85. The summed E-state index contributed by atoms with van der Waals surface area (Å²) in [6.07, 6.45) is 3.02. The average molecular weight is 495 g/mol. The van der Waals surface area contributed by atoms with E-state index in [1.54, 1.807) is 12.1 Å². The van der Waals surface area contributed by atoms with E-state index in [9.17, 15) is 4.39 Å². The fourth-order valence-electron chi connectivity index (χ4n) is 3.39. The first kappa shape index (κ1) is 22.1. The van der Waals surface area contributed by atoms with E-state index in [0.717, 1.165) is 53.8 Å². The van der Waals surface area contributed by atoms with E-state index in [-0.39, 0.29) is 6.01 Å². The molecule has 172 valence electrons. The Morgan fingerprint density at radius 3 is 2.53 bits per heavy atom. The van der Waals surface area contributed by atoms with Crippen LogP contribution in [0.3, 0.4) is 0 Å². The number of nitrogens with one attached hydrogen (secondary N) is 1. The molecule has 12 heteroatoms. The Balaban J connectivity index is 1.40. The lowest BCUT2D eigenvalue weighted by Gasteiger charge is -2.33. The summed E-state index contributed by atoms with van der Waals surface area (Å²) in [5.74, 6) is 1.82. The van der Waals surface area contributed by atoms with Crippen LogP contribution in [0, 0.1) is 16.6 Å². The smallest absolute Gasteiger partial charge is 0.325 e. The first-order valence-electron chi connectivity index (χ1n) is 10.4. The van der Waals surface area contributed by atoms with E-state index in [1.165, 1.54) is 23.7 Å². The maximum Gasteiger partial charge on any atom is 0.325 e. The quantitative estimate of drug-likeness (QED) is 0.419. The van der Waals surface area contributed by atoms with Gasteiger partial charge in [-0.1, -0.05) is 22.7 Å². The Morgan fingerprint density at radius 1 is 1.06 bits per heavy atom. The molecule has 4 heterocycles. The van der Waals surface area contributed by atoms with Gasteiger partial charge in [-0.05, 0) is 36.9 Å². The van der Waals surface area contributed by atoms with Gasteiger partial charge >= 0.3 is 6.01 Å². The lowest BCUT2D eigenvalue weighted by atomic mass is 10.2. The number of nitrogens with zero attached hydrogens (tertiary/aromatic N) is 7. The van der Waals surface area contributed by atoms with Crippen molar-refractivity contribution >= 4 is 39.4 Å². The molecule has 0 aliphatic carbocycles. The van der Waals surface area contributed by atoms with Crippen LogP contribution < -0.4 is 15.0 Å². The number of nitriles is 1. The molecule has 0 radical (unpaired) electrons. The monoisotopic (exact) mass is 494 g/mol. The summed E-state index contributed by atoms with van der Waals surface area (Å²) < 4.78 is 19.2. The second-order valence-corrected chi connectivity index (χ2v) is 9.57. The highest BCUT2D eigenvalue weighted by Gasteiger charge is 2.18. The molecular formula is C22H19FN8OS2. The number of anilines is 3. The zero-order chi connectivity index (χ0) is 23.5. The van der Waals surface area contributed by atoms with Gasteiger partial charge in [0.25, 0.3) is 5.26 Å². The van der Waals surface area contributed by atoms with Gasteiger partial charge in [-0.15, -0.1) is 0 Å². The van der Waals surface area contributed by atoms with Crippen molar-refractivity contribution in [1.82, 2.24) is 24.8 Å². The molecule has 4 aromatic rings. The molecule has 0 amide bonds. The fourth-order valence-corrected chi connectivity index (χ4v) is 4.66. The molecule has 0 atom stereocenters. The van der Waals surface area contributed by atoms with E-state index in [2.05, 4.69) is 48.2 Å². The maximum atomic E-state index is 13.2. The molecule has 3 aromatic heterocycles. The van der Waals surface area contributed by atoms with Crippen molar-refractivity contribution in [3.05, 3.63) is 52.9 Å². The van der Waals surface area contributed by atoms with Crippen molar-refractivity contribution in [2.24, 2.45) is 0 Å². The number of benzene rings is 1. The van der Waals surface area contributed by atoms with Crippen LogP contribution in [0.1, 0.15) is 4.88 Å². The first-order valence-corrected chi connectivity index (χ1v) is 12.0. The van der Waals surface area contributed by atoms with Gasteiger partial charge in [-0.25, -0.2) is 9.97 Å². The molecule has 9 nitrogen and oxygen atoms in total. The number of piperazine rings is 1. The Morgan fingerprint density at radius 2 is 1.85 bits per heavy atom. The number of thiazole rings is 2. The highest BCUT2D eigenvalue weighted by Crippen LogP contribution is 2.30. The SMILES string of the molecule is CN1CCN(c2cc(Nc3ncc(C#N)s3)nc(Oc3ccc(-c4cnc(F)s4)cc3)n2)CC1. The van der Waals surface area contributed by atoms with Crippen molar-refractivity contribution in [2.45, 2.75) is 0 Å². The van der Waals surface area contributed by atoms with E-state index in [4.69, 9.17) is 10.00 Å². The standard InChI is InChI=1S/C22H19FN8OS2/c1-30-6-8-31(9-7-30)19-10-18(28-22-26-12-16(11-24)33-22)27-21(29-19)32-15-4-2-14(3-5-15)17-13-25-20(23)34-17/h2-5,10,12-13H,6-9H2,1H3,(H,26,27,28,29). The molecule has 1 aromatic carbocycles. The van der Waals surface area contributed by atoms with Crippen LogP contribution in [0.2, 0.25) is 0 Å². The number of likely N-dealkylation sites (N-methyl/N-ethyl adjacent to an activating group) is 1. The van der Waals surface area contributed by atoms with Crippen LogP contribution >= 0.6 is 22.7 Å². The molecule has 5 rings (SSSR count). The summed E-state index contributed by atoms with van der Waals surface area (Å²) in [5.41, 5.74) is 0.847. The minimum Gasteiger partial charge on any atom is -0.424 e. The van der Waals surface area contributed by atoms with Gasteiger partial charge in [0.05, 0.1) is 11.1 Å². The summed E-state index contributed by atoms with van der Waals surface area (Å²) in [7, 11) is 2.10. The van der Waals surface area contributed by atoms with Crippen molar-refractivity contribution in [1.29, 1.82) is 5.26 Å². The number of hydrogen-bond acceptors (Lipinski definition) is 11. The minimum absolute atomic E-state index is 0.188. The van der Waals surface area contributed by atoms with Gasteiger partial charge < -0.3 is 19.9 Å². The Bertz CT molecular complexity index is 1330. The van der Waals surface area contributed by atoms with Gasteiger partial charge in [0, 0.05) is 38.4 Å². The second-order valence-electron chi connectivity index (χ2n) is 7.55. The summed E-state index contributed by atoms with van der Waals surface area (Å²) >= 11 is 2.23. The van der Waals surface area contributed by atoms with E-state index < -0.39 is 5.26 Å². The first-order chi connectivity index (χ1) is 16.6. The van der Waals surface area contributed by atoms with Crippen molar-refractivity contribution < 1.29 is 9.13 Å². The molecule has 1 N–H and O–H groups in total. The molecule has 34 heavy (non-hydrogen) atoms. The van der Waals surface area contributed by atoms with Crippen LogP contribution in [-0.2, 0) is 0 Å². The fraction of sp³-hybridized carbons (Fsp3) is 0.227. The Hall–Kier alpha value is -3.66. The van der Waals surface area contributed by atoms with Gasteiger partial charge in [-0.3, -0.25) is 0 Å². The predicted octanol–water partition coefficient (Wildman–Crippen LogP) is 4.36. The zero-order valence-electron chi connectivity index (χ0n) is 18.1. The number of aromatic nitrogens is 4. The van der Waals surface area contributed by atoms with E-state index in [1.807, 2.05) is 18.2 Å². The summed E-state index contributed by atoms with van der Waals surface area (Å²) in [4.78, 5) is 22.7. The van der Waals surface area contributed by atoms with Crippen molar-refractivity contribution in [2.75, 3.05) is 43.4 Å². The maximum absolute atomic E-state index is 13.2. The molecule has 0 unspecified atom stereocenters. The minimum atomic E-state index is -0.466. The molecule has 0 spiro atoms. The van der Waals surface area contributed by atoms with E-state index >= 15 is 0 Å². The Labute approximate surface area is 203 Å². The normalized spacial score (nSPS) is 14.1. The van der Waals surface area contributed by atoms with Crippen LogP contribution in [0.15, 0.2) is 42.7 Å². The lowest BCUT2D eigenvalue weighted by molar-refractivity contribution is 0.311. The van der Waals surface area contributed by atoms with Gasteiger partial charge in [0.15, 0.2) is 5.13 Å². The van der Waals surface area contributed by atoms with E-state index in [0.29, 0.717) is 21.6 Å². The average Bonchev–Trinajstić information content (AvgIpc) is 3.48. The molecule has 1 aliphatic rings. The molecular weight excluding hydrogens is 475 g/mol. The van der Waals surface area contributed by atoms with Crippen LogP contribution in [0.5, 0.6) is 11.8 Å². The van der Waals surface area contributed by atoms with Crippen molar-refractivity contribution in [3.63, 3.8) is 0 Å². The number of ether oxygens (including phenoxy) is 1. The number of hydrogen-bond donors (Lipinski definition) is 1. The van der Waals surface area contributed by atoms with Gasteiger partial charge in [0.1, 0.15) is 28.3 Å². The molecule has 1 saturated heterocycles. The third kappa shape index (κ3) is 5.12. The van der Waals surface area contributed by atoms with Crippen molar-refractivity contribution in [3.8, 4) is 28.3 Å². The molecule has 0 bridgehead atoms. The van der Waals surface area contributed by atoms with Gasteiger partial charge in [0.2, 0.25) is 0 Å². The second kappa shape index (κ2) is 9.68. The summed E-state index contributed by atoms with van der Waals surface area (Å²) in [5, 5.41) is 12.3. The topological polar surface area (TPSA) is 103 Å². The zero-order valence-corrected chi connectivity index (χ0v) is 19.7. The highest BCUT2D eigenvalue weighted by atomic mass is 32.1. The summed E-state index contributed by atoms with van der Waals surface area (Å²) in [6, 6.07) is 11.4. The predicted molar refractivity (Wildman–Crippen MR) is 129 cm³/mol. The van der Waals surface area contributed by atoms with Crippen LogP contribution in [-0.4, -0.2) is 58.1 Å². The Kier molecular flexibility index (Phi) is 6.31. The number of halogens is 1. The third-order valence-electron chi connectivity index (χ3n) is 5.20.